The molecule has 17 heavy (non-hydrogen) atoms. The molecular formula is C13H21N3O. The predicted octanol–water partition coefficient (Wildman–Crippen LogP) is 1.42. The number of likely N-dealkylation sites (N-methyl/N-ethyl adjacent to an activating group) is 1. The van der Waals surface area contributed by atoms with Crippen LogP contribution < -0.4 is 10.2 Å². The van der Waals surface area contributed by atoms with Crippen LogP contribution in [0.4, 0.5) is 5.82 Å². The van der Waals surface area contributed by atoms with Crippen molar-refractivity contribution in [2.75, 3.05) is 32.1 Å². The van der Waals surface area contributed by atoms with Crippen molar-refractivity contribution < 1.29 is 4.74 Å². The Kier molecular flexibility index (Phi) is 4.34. The van der Waals surface area contributed by atoms with Gasteiger partial charge in [0.25, 0.3) is 0 Å². The normalized spacial score (nSPS) is 19.5. The molecule has 0 aromatic carbocycles. The molecule has 0 aliphatic carbocycles. The minimum atomic E-state index is 0.374. The van der Waals surface area contributed by atoms with Gasteiger partial charge in [0, 0.05) is 32.9 Å². The fourth-order valence-electron chi connectivity index (χ4n) is 2.14. The van der Waals surface area contributed by atoms with Gasteiger partial charge in [0.15, 0.2) is 0 Å². The lowest BCUT2D eigenvalue weighted by atomic mass is 10.2. The summed E-state index contributed by atoms with van der Waals surface area (Å²) in [5.74, 6) is 1.01. The van der Waals surface area contributed by atoms with Crippen LogP contribution in [0.25, 0.3) is 0 Å². The zero-order valence-corrected chi connectivity index (χ0v) is 10.6. The summed E-state index contributed by atoms with van der Waals surface area (Å²) in [6.45, 7) is 2.70. The third-order valence-electron chi connectivity index (χ3n) is 3.08. The van der Waals surface area contributed by atoms with Crippen LogP contribution in [-0.2, 0) is 11.3 Å². The van der Waals surface area contributed by atoms with Crippen LogP contribution in [0.15, 0.2) is 18.3 Å². The third-order valence-corrected chi connectivity index (χ3v) is 3.08. The Morgan fingerprint density at radius 1 is 1.53 bits per heavy atom. The van der Waals surface area contributed by atoms with Gasteiger partial charge in [0.1, 0.15) is 5.82 Å². The first-order valence-electron chi connectivity index (χ1n) is 6.22. The molecule has 1 aliphatic rings. The molecule has 4 nitrogen and oxygen atoms in total. The van der Waals surface area contributed by atoms with E-state index in [1.165, 1.54) is 18.4 Å². The van der Waals surface area contributed by atoms with Gasteiger partial charge in [-0.3, -0.25) is 0 Å². The van der Waals surface area contributed by atoms with E-state index in [0.717, 1.165) is 25.5 Å². The Labute approximate surface area is 103 Å². The highest BCUT2D eigenvalue weighted by Gasteiger charge is 2.17. The predicted molar refractivity (Wildman–Crippen MR) is 69.2 cm³/mol. The van der Waals surface area contributed by atoms with E-state index in [4.69, 9.17) is 4.74 Å². The second kappa shape index (κ2) is 5.98. The van der Waals surface area contributed by atoms with Crippen LogP contribution in [0, 0.1) is 0 Å². The minimum Gasteiger partial charge on any atom is -0.376 e. The molecule has 2 rings (SSSR count). The van der Waals surface area contributed by atoms with Crippen LogP contribution in [0.3, 0.4) is 0 Å². The molecule has 4 heteroatoms. The van der Waals surface area contributed by atoms with Gasteiger partial charge in [-0.25, -0.2) is 4.98 Å². The summed E-state index contributed by atoms with van der Waals surface area (Å²) in [6, 6.07) is 4.19. The second-order valence-corrected chi connectivity index (χ2v) is 4.57. The Morgan fingerprint density at radius 2 is 2.41 bits per heavy atom. The molecule has 1 atom stereocenters. The first-order valence-corrected chi connectivity index (χ1v) is 6.22. The SMILES string of the molecule is CNCc1ccc(N(C)CC2CCCO2)nc1. The average Bonchev–Trinajstić information content (AvgIpc) is 2.83. The lowest BCUT2D eigenvalue weighted by Crippen LogP contribution is -2.29. The molecule has 0 saturated carbocycles. The van der Waals surface area contributed by atoms with Crippen LogP contribution in [0.2, 0.25) is 0 Å². The largest absolute Gasteiger partial charge is 0.376 e. The Morgan fingerprint density at radius 3 is 3.00 bits per heavy atom. The summed E-state index contributed by atoms with van der Waals surface area (Å²) in [5.41, 5.74) is 1.21. The molecule has 1 unspecified atom stereocenters. The first kappa shape index (κ1) is 12.3. The molecule has 94 valence electrons. The van der Waals surface area contributed by atoms with Gasteiger partial charge >= 0.3 is 0 Å². The Balaban J connectivity index is 1.91. The van der Waals surface area contributed by atoms with Gasteiger partial charge in [0.05, 0.1) is 6.10 Å². The number of nitrogens with zero attached hydrogens (tertiary/aromatic N) is 2. The molecule has 0 spiro atoms. The molecule has 0 amide bonds. The molecule has 1 aromatic rings. The summed E-state index contributed by atoms with van der Waals surface area (Å²) in [6.07, 6.45) is 4.66. The standard InChI is InChI=1S/C13H21N3O/c1-14-8-11-5-6-13(15-9-11)16(2)10-12-4-3-7-17-12/h5-6,9,12,14H,3-4,7-8,10H2,1-2H3. The lowest BCUT2D eigenvalue weighted by molar-refractivity contribution is 0.116. The highest BCUT2D eigenvalue weighted by molar-refractivity contribution is 5.38. The number of pyridine rings is 1. The summed E-state index contributed by atoms with van der Waals surface area (Å²) in [4.78, 5) is 6.64. The summed E-state index contributed by atoms with van der Waals surface area (Å²) < 4.78 is 5.63. The average molecular weight is 235 g/mol. The van der Waals surface area contributed by atoms with Crippen molar-refractivity contribution in [1.29, 1.82) is 0 Å². The van der Waals surface area contributed by atoms with E-state index in [-0.39, 0.29) is 0 Å². The number of nitrogens with one attached hydrogen (secondary N) is 1. The van der Waals surface area contributed by atoms with Crippen LogP contribution in [0.1, 0.15) is 18.4 Å². The second-order valence-electron chi connectivity index (χ2n) is 4.57. The molecule has 0 bridgehead atoms. The zero-order chi connectivity index (χ0) is 12.1. The van der Waals surface area contributed by atoms with E-state index in [1.54, 1.807) is 0 Å². The summed E-state index contributed by atoms with van der Waals surface area (Å²) >= 11 is 0. The van der Waals surface area contributed by atoms with Gasteiger partial charge in [-0.2, -0.15) is 0 Å². The number of hydrogen-bond donors (Lipinski definition) is 1. The molecule has 1 saturated heterocycles. The Hall–Kier alpha value is -1.13. The van der Waals surface area contributed by atoms with Crippen molar-refractivity contribution in [3.05, 3.63) is 23.9 Å². The zero-order valence-electron chi connectivity index (χ0n) is 10.6. The molecule has 1 fully saturated rings. The molecule has 1 N–H and O–H groups in total. The monoisotopic (exact) mass is 235 g/mol. The highest BCUT2D eigenvalue weighted by Crippen LogP contribution is 2.16. The van der Waals surface area contributed by atoms with E-state index in [0.29, 0.717) is 6.10 Å². The van der Waals surface area contributed by atoms with Crippen molar-refractivity contribution in [1.82, 2.24) is 10.3 Å². The smallest absolute Gasteiger partial charge is 0.128 e. The quantitative estimate of drug-likeness (QED) is 0.837. The number of hydrogen-bond acceptors (Lipinski definition) is 4. The third kappa shape index (κ3) is 3.41. The van der Waals surface area contributed by atoms with Gasteiger partial charge in [-0.1, -0.05) is 6.07 Å². The maximum atomic E-state index is 5.63. The molecule has 0 radical (unpaired) electrons. The van der Waals surface area contributed by atoms with Gasteiger partial charge in [-0.05, 0) is 31.5 Å². The summed E-state index contributed by atoms with van der Waals surface area (Å²) in [5, 5.41) is 3.12. The fourth-order valence-corrected chi connectivity index (χ4v) is 2.14. The van der Waals surface area contributed by atoms with E-state index in [9.17, 15) is 0 Å². The van der Waals surface area contributed by atoms with Crippen molar-refractivity contribution >= 4 is 5.82 Å². The Bertz CT molecular complexity index is 333. The van der Waals surface area contributed by atoms with Crippen molar-refractivity contribution in [2.45, 2.75) is 25.5 Å². The number of rotatable bonds is 5. The van der Waals surface area contributed by atoms with E-state index < -0.39 is 0 Å². The van der Waals surface area contributed by atoms with Gasteiger partial charge in [-0.15, -0.1) is 0 Å². The first-order chi connectivity index (χ1) is 8.29. The van der Waals surface area contributed by atoms with E-state index in [2.05, 4.69) is 34.4 Å². The van der Waals surface area contributed by atoms with Gasteiger partial charge in [0.2, 0.25) is 0 Å². The maximum Gasteiger partial charge on any atom is 0.128 e. The van der Waals surface area contributed by atoms with Crippen molar-refractivity contribution in [3.63, 3.8) is 0 Å². The molecule has 2 heterocycles. The topological polar surface area (TPSA) is 37.4 Å². The minimum absolute atomic E-state index is 0.374. The van der Waals surface area contributed by atoms with Crippen molar-refractivity contribution in [3.8, 4) is 0 Å². The molecule has 1 aromatic heterocycles. The molecular weight excluding hydrogens is 214 g/mol. The van der Waals surface area contributed by atoms with E-state index >= 15 is 0 Å². The molecule has 1 aliphatic heterocycles. The van der Waals surface area contributed by atoms with Crippen LogP contribution in [0.5, 0.6) is 0 Å². The highest BCUT2D eigenvalue weighted by atomic mass is 16.5. The van der Waals surface area contributed by atoms with Crippen LogP contribution >= 0.6 is 0 Å². The maximum absolute atomic E-state index is 5.63. The van der Waals surface area contributed by atoms with E-state index in [1.807, 2.05) is 13.2 Å². The number of anilines is 1. The number of ether oxygens (including phenoxy) is 1. The van der Waals surface area contributed by atoms with Crippen molar-refractivity contribution in [2.24, 2.45) is 0 Å². The number of aromatic nitrogens is 1. The fraction of sp³-hybridized carbons (Fsp3) is 0.615. The lowest BCUT2D eigenvalue weighted by Gasteiger charge is -2.21. The summed E-state index contributed by atoms with van der Waals surface area (Å²) in [7, 11) is 4.01. The van der Waals surface area contributed by atoms with Gasteiger partial charge < -0.3 is 15.0 Å². The van der Waals surface area contributed by atoms with Crippen LogP contribution in [-0.4, -0.2) is 38.3 Å².